The topological polar surface area (TPSA) is 65.2 Å². The predicted molar refractivity (Wildman–Crippen MR) is 110 cm³/mol. The van der Waals surface area contributed by atoms with Crippen LogP contribution in [0, 0.1) is 24.2 Å². The minimum absolute atomic E-state index is 0.133. The van der Waals surface area contributed by atoms with Crippen LogP contribution in [-0.4, -0.2) is 17.9 Å². The van der Waals surface area contributed by atoms with E-state index in [1.54, 1.807) is 11.3 Å². The first-order valence-corrected chi connectivity index (χ1v) is 10.3. The molecule has 6 heteroatoms. The van der Waals surface area contributed by atoms with Crippen LogP contribution in [0.5, 0.6) is 0 Å². The molecular weight excluding hydrogens is 362 g/mol. The van der Waals surface area contributed by atoms with Crippen LogP contribution in [-0.2, 0) is 4.79 Å². The number of anilines is 1. The maximum Gasteiger partial charge on any atom is 0.234 e. The van der Waals surface area contributed by atoms with Gasteiger partial charge >= 0.3 is 0 Å². The lowest BCUT2D eigenvalue weighted by Gasteiger charge is -2.29. The lowest BCUT2D eigenvalue weighted by molar-refractivity contribution is -0.118. The van der Waals surface area contributed by atoms with E-state index in [1.165, 1.54) is 11.8 Å². The van der Waals surface area contributed by atoms with E-state index in [1.807, 2.05) is 61.9 Å². The molecule has 1 aliphatic heterocycles. The second-order valence-electron chi connectivity index (χ2n) is 6.06. The third-order valence-electron chi connectivity index (χ3n) is 4.45. The Morgan fingerprint density at radius 3 is 2.65 bits per heavy atom. The second kappa shape index (κ2) is 7.90. The van der Waals surface area contributed by atoms with Crippen molar-refractivity contribution in [3.8, 4) is 6.07 Å². The van der Waals surface area contributed by atoms with E-state index < -0.39 is 5.92 Å². The van der Waals surface area contributed by atoms with Crippen molar-refractivity contribution in [2.75, 3.05) is 11.6 Å². The van der Waals surface area contributed by atoms with Crippen molar-refractivity contribution in [2.45, 2.75) is 19.8 Å². The van der Waals surface area contributed by atoms with Gasteiger partial charge in [0, 0.05) is 22.2 Å². The molecule has 132 valence electrons. The summed E-state index contributed by atoms with van der Waals surface area (Å²) in [7, 11) is 0. The van der Waals surface area contributed by atoms with Crippen molar-refractivity contribution < 1.29 is 4.79 Å². The number of thiophene rings is 1. The smallest absolute Gasteiger partial charge is 0.234 e. The molecule has 1 aliphatic rings. The number of benzene rings is 1. The first-order chi connectivity index (χ1) is 12.6. The highest BCUT2D eigenvalue weighted by molar-refractivity contribution is 8.02. The summed E-state index contributed by atoms with van der Waals surface area (Å²) in [6.07, 6.45) is 1.91. The zero-order valence-electron chi connectivity index (χ0n) is 14.8. The van der Waals surface area contributed by atoms with Gasteiger partial charge in [-0.1, -0.05) is 24.3 Å². The number of hydrogen-bond donors (Lipinski definition) is 1. The normalized spacial score (nSPS) is 19.7. The van der Waals surface area contributed by atoms with Crippen LogP contribution in [0.1, 0.15) is 23.3 Å². The van der Waals surface area contributed by atoms with Crippen LogP contribution in [0.4, 0.5) is 5.69 Å². The van der Waals surface area contributed by atoms with Crippen LogP contribution in [0.2, 0.25) is 0 Å². The third-order valence-corrected chi connectivity index (χ3v) is 6.10. The summed E-state index contributed by atoms with van der Waals surface area (Å²) >= 11 is 3.01. The summed E-state index contributed by atoms with van der Waals surface area (Å²) in [4.78, 5) is 18.7. The number of thioether (sulfide) groups is 1. The van der Waals surface area contributed by atoms with E-state index in [0.29, 0.717) is 10.6 Å². The molecule has 0 saturated heterocycles. The van der Waals surface area contributed by atoms with E-state index in [2.05, 4.69) is 16.4 Å². The molecule has 0 fully saturated rings. The average Bonchev–Trinajstić information content (AvgIpc) is 3.16. The molecular formula is C20H19N3OS2. The SMILES string of the molecule is CSC1=C(C#N)[C@H](c2cccs2)C(C(=O)Nc2ccccc2C)C(C)=N1. The van der Waals surface area contributed by atoms with E-state index >= 15 is 0 Å². The van der Waals surface area contributed by atoms with Gasteiger partial charge in [-0.3, -0.25) is 4.79 Å². The summed E-state index contributed by atoms with van der Waals surface area (Å²) in [6, 6.07) is 13.9. The Kier molecular flexibility index (Phi) is 5.60. The summed E-state index contributed by atoms with van der Waals surface area (Å²) in [5.74, 6) is -0.936. The number of nitrogens with zero attached hydrogens (tertiary/aromatic N) is 2. The lowest BCUT2D eigenvalue weighted by atomic mass is 9.80. The van der Waals surface area contributed by atoms with Gasteiger partial charge in [0.1, 0.15) is 5.03 Å². The van der Waals surface area contributed by atoms with Crippen molar-refractivity contribution in [1.29, 1.82) is 5.26 Å². The molecule has 1 unspecified atom stereocenters. The molecule has 1 aromatic carbocycles. The number of hydrogen-bond acceptors (Lipinski definition) is 5. The van der Waals surface area contributed by atoms with Crippen molar-refractivity contribution in [3.63, 3.8) is 0 Å². The minimum Gasteiger partial charge on any atom is -0.325 e. The minimum atomic E-state index is -0.501. The largest absolute Gasteiger partial charge is 0.325 e. The Hall–Kier alpha value is -2.36. The monoisotopic (exact) mass is 381 g/mol. The van der Waals surface area contributed by atoms with Crippen LogP contribution < -0.4 is 5.32 Å². The fourth-order valence-corrected chi connectivity index (χ4v) is 4.64. The van der Waals surface area contributed by atoms with E-state index in [4.69, 9.17) is 0 Å². The second-order valence-corrected chi connectivity index (χ2v) is 7.84. The van der Waals surface area contributed by atoms with Crippen LogP contribution in [0.25, 0.3) is 0 Å². The number of rotatable bonds is 4. The maximum atomic E-state index is 13.2. The van der Waals surface area contributed by atoms with Gasteiger partial charge in [-0.2, -0.15) is 5.26 Å². The number of para-hydroxylation sites is 1. The van der Waals surface area contributed by atoms with Crippen molar-refractivity contribution in [1.82, 2.24) is 0 Å². The number of amides is 1. The first kappa shape index (κ1) is 18.4. The Morgan fingerprint density at radius 1 is 1.27 bits per heavy atom. The quantitative estimate of drug-likeness (QED) is 0.813. The number of nitriles is 1. The molecule has 1 amide bonds. The Bertz CT molecular complexity index is 923. The van der Waals surface area contributed by atoms with Gasteiger partial charge in [0.05, 0.1) is 17.6 Å². The highest BCUT2D eigenvalue weighted by atomic mass is 32.2. The third kappa shape index (κ3) is 3.46. The number of carbonyl (C=O) groups is 1. The summed E-state index contributed by atoms with van der Waals surface area (Å²) in [5, 5.41) is 15.5. The fraction of sp³-hybridized carbons (Fsp3) is 0.250. The molecule has 0 saturated carbocycles. The zero-order valence-corrected chi connectivity index (χ0v) is 16.4. The highest BCUT2D eigenvalue weighted by Gasteiger charge is 2.39. The van der Waals surface area contributed by atoms with E-state index in [-0.39, 0.29) is 11.8 Å². The van der Waals surface area contributed by atoms with Gasteiger partial charge < -0.3 is 5.32 Å². The predicted octanol–water partition coefficient (Wildman–Crippen LogP) is 4.97. The molecule has 26 heavy (non-hydrogen) atoms. The van der Waals surface area contributed by atoms with Gasteiger partial charge in [0.15, 0.2) is 0 Å². The molecule has 1 N–H and O–H groups in total. The Labute approximate surface area is 161 Å². The summed E-state index contributed by atoms with van der Waals surface area (Å²) in [5.41, 5.74) is 3.08. The van der Waals surface area contributed by atoms with Gasteiger partial charge in [-0.15, -0.1) is 23.1 Å². The van der Waals surface area contributed by atoms with Crippen LogP contribution >= 0.6 is 23.1 Å². The van der Waals surface area contributed by atoms with Gasteiger partial charge in [-0.05, 0) is 43.2 Å². The molecule has 3 rings (SSSR count). The van der Waals surface area contributed by atoms with Crippen molar-refractivity contribution in [2.24, 2.45) is 10.9 Å². The number of aliphatic imine (C=N–C) groups is 1. The molecule has 0 spiro atoms. The molecule has 0 bridgehead atoms. The van der Waals surface area contributed by atoms with Crippen LogP contribution in [0.15, 0.2) is 57.4 Å². The Morgan fingerprint density at radius 2 is 2.04 bits per heavy atom. The number of aryl methyl sites for hydroxylation is 1. The first-order valence-electron chi connectivity index (χ1n) is 8.20. The van der Waals surface area contributed by atoms with Gasteiger partial charge in [0.25, 0.3) is 0 Å². The van der Waals surface area contributed by atoms with E-state index in [0.717, 1.165) is 21.8 Å². The van der Waals surface area contributed by atoms with Crippen molar-refractivity contribution in [3.05, 3.63) is 62.8 Å². The summed E-state index contributed by atoms with van der Waals surface area (Å²) in [6.45, 7) is 3.83. The van der Waals surface area contributed by atoms with Gasteiger partial charge in [-0.25, -0.2) is 4.99 Å². The van der Waals surface area contributed by atoms with Crippen molar-refractivity contribution >= 4 is 40.4 Å². The lowest BCUT2D eigenvalue weighted by Crippen LogP contribution is -2.36. The van der Waals surface area contributed by atoms with Gasteiger partial charge in [0.2, 0.25) is 5.91 Å². The number of allylic oxidation sites excluding steroid dienone is 1. The Balaban J connectivity index is 2.03. The molecule has 1 aromatic heterocycles. The number of carbonyl (C=O) groups excluding carboxylic acids is 1. The molecule has 0 aliphatic carbocycles. The van der Waals surface area contributed by atoms with Crippen LogP contribution in [0.3, 0.4) is 0 Å². The molecule has 4 nitrogen and oxygen atoms in total. The summed E-state index contributed by atoms with van der Waals surface area (Å²) < 4.78 is 0. The fourth-order valence-electron chi connectivity index (χ4n) is 3.14. The molecule has 2 heterocycles. The van der Waals surface area contributed by atoms with E-state index in [9.17, 15) is 10.1 Å². The molecule has 0 radical (unpaired) electrons. The zero-order chi connectivity index (χ0) is 18.7. The highest BCUT2D eigenvalue weighted by Crippen LogP contribution is 2.43. The standard InChI is InChI=1S/C20H19N3OS2/c1-12-7-4-5-8-15(12)23-19(24)17-13(2)22-20(25-3)14(11-21)18(17)16-9-6-10-26-16/h4-10,17-18H,1-3H3,(H,23,24)/t17?,18-/m1/s1. The molecule has 2 aromatic rings. The average molecular weight is 382 g/mol. The number of nitrogens with one attached hydrogen (secondary N) is 1. The molecule has 2 atom stereocenters. The maximum absolute atomic E-state index is 13.2.